The van der Waals surface area contributed by atoms with Crippen molar-refractivity contribution in [1.29, 1.82) is 0 Å². The van der Waals surface area contributed by atoms with Crippen LogP contribution in [0.4, 0.5) is 18.9 Å². The molecule has 6 heteroatoms. The largest absolute Gasteiger partial charge is 0.416 e. The lowest BCUT2D eigenvalue weighted by Gasteiger charge is -2.28. The van der Waals surface area contributed by atoms with Gasteiger partial charge < -0.3 is 5.73 Å². The van der Waals surface area contributed by atoms with Gasteiger partial charge in [0, 0.05) is 18.8 Å². The second-order valence-corrected chi connectivity index (χ2v) is 5.18. The Kier molecular flexibility index (Phi) is 3.77. The summed E-state index contributed by atoms with van der Waals surface area (Å²) in [5.41, 5.74) is 5.76. The Balaban J connectivity index is 2.25. The van der Waals surface area contributed by atoms with Gasteiger partial charge in [-0.3, -0.25) is 4.31 Å². The van der Waals surface area contributed by atoms with E-state index in [1.54, 1.807) is 6.07 Å². The third kappa shape index (κ3) is 3.11. The fourth-order valence-electron chi connectivity index (χ4n) is 2.28. The maximum absolute atomic E-state index is 12.7. The van der Waals surface area contributed by atoms with E-state index in [2.05, 4.69) is 12.8 Å². The molecule has 1 heterocycles. The highest BCUT2D eigenvalue weighted by Gasteiger charge is 2.32. The van der Waals surface area contributed by atoms with Crippen molar-refractivity contribution in [2.24, 2.45) is 0 Å². The number of anilines is 1. The number of thiol groups is 1. The van der Waals surface area contributed by atoms with Crippen molar-refractivity contribution >= 4 is 18.5 Å². The van der Waals surface area contributed by atoms with Crippen LogP contribution in [0.1, 0.15) is 29.9 Å². The number of piperidine rings is 1. The predicted molar refractivity (Wildman–Crippen MR) is 68.4 cm³/mol. The van der Waals surface area contributed by atoms with Gasteiger partial charge in [0.15, 0.2) is 0 Å². The van der Waals surface area contributed by atoms with Crippen LogP contribution >= 0.6 is 12.8 Å². The van der Waals surface area contributed by atoms with E-state index >= 15 is 0 Å². The number of hydrogen-bond donors (Lipinski definition) is 2. The van der Waals surface area contributed by atoms with Crippen molar-refractivity contribution in [3.05, 3.63) is 29.3 Å². The molecule has 0 atom stereocenters. The van der Waals surface area contributed by atoms with Crippen molar-refractivity contribution < 1.29 is 13.2 Å². The highest BCUT2D eigenvalue weighted by Crippen LogP contribution is 2.35. The lowest BCUT2D eigenvalue weighted by atomic mass is 9.89. The molecule has 0 unspecified atom stereocenters. The van der Waals surface area contributed by atoms with Gasteiger partial charge in [0.25, 0.3) is 0 Å². The second-order valence-electron chi connectivity index (χ2n) is 4.61. The third-order valence-corrected chi connectivity index (χ3v) is 3.65. The summed E-state index contributed by atoms with van der Waals surface area (Å²) >= 11 is 4.23. The SMILES string of the molecule is Nc1cc(C2CCN(S)CC2)cc(C(F)(F)F)c1. The summed E-state index contributed by atoms with van der Waals surface area (Å²) in [6, 6.07) is 3.85. The molecular weight excluding hydrogens is 261 g/mol. The van der Waals surface area contributed by atoms with Crippen molar-refractivity contribution in [3.63, 3.8) is 0 Å². The first-order chi connectivity index (χ1) is 8.36. The Morgan fingerprint density at radius 2 is 1.78 bits per heavy atom. The third-order valence-electron chi connectivity index (χ3n) is 3.25. The fourth-order valence-corrected chi connectivity index (χ4v) is 2.51. The maximum Gasteiger partial charge on any atom is 0.416 e. The summed E-state index contributed by atoms with van der Waals surface area (Å²) < 4.78 is 40.0. The number of halogens is 3. The first-order valence-electron chi connectivity index (χ1n) is 5.78. The fraction of sp³-hybridized carbons (Fsp3) is 0.500. The average molecular weight is 276 g/mol. The zero-order chi connectivity index (χ0) is 13.3. The van der Waals surface area contributed by atoms with E-state index in [4.69, 9.17) is 5.73 Å². The van der Waals surface area contributed by atoms with E-state index in [0.717, 1.165) is 32.0 Å². The monoisotopic (exact) mass is 276 g/mol. The van der Waals surface area contributed by atoms with Crippen LogP contribution in [0.5, 0.6) is 0 Å². The highest BCUT2D eigenvalue weighted by molar-refractivity contribution is 7.77. The standard InChI is InChI=1S/C12H15F3N2S/c13-12(14,15)10-5-9(6-11(16)7-10)8-1-3-17(18)4-2-8/h5-8,18H,1-4,16H2. The molecule has 1 saturated heterocycles. The predicted octanol–water partition coefficient (Wildman–Crippen LogP) is 3.31. The summed E-state index contributed by atoms with van der Waals surface area (Å²) in [5.74, 6) is 0.137. The Labute approximate surface area is 110 Å². The molecule has 0 aliphatic carbocycles. The van der Waals surface area contributed by atoms with Crippen LogP contribution in [-0.4, -0.2) is 17.4 Å². The van der Waals surface area contributed by atoms with Gasteiger partial charge in [0.2, 0.25) is 0 Å². The van der Waals surface area contributed by atoms with Crippen LogP contribution in [0, 0.1) is 0 Å². The minimum Gasteiger partial charge on any atom is -0.399 e. The van der Waals surface area contributed by atoms with Crippen molar-refractivity contribution in [1.82, 2.24) is 4.31 Å². The van der Waals surface area contributed by atoms with Crippen LogP contribution < -0.4 is 5.73 Å². The lowest BCUT2D eigenvalue weighted by molar-refractivity contribution is -0.137. The lowest BCUT2D eigenvalue weighted by Crippen LogP contribution is -2.25. The Hall–Kier alpha value is -0.880. The topological polar surface area (TPSA) is 29.3 Å². The Morgan fingerprint density at radius 3 is 2.33 bits per heavy atom. The zero-order valence-corrected chi connectivity index (χ0v) is 10.6. The van der Waals surface area contributed by atoms with Crippen LogP contribution in [0.3, 0.4) is 0 Å². The van der Waals surface area contributed by atoms with E-state index in [1.165, 1.54) is 6.07 Å². The van der Waals surface area contributed by atoms with Gasteiger partial charge >= 0.3 is 6.18 Å². The van der Waals surface area contributed by atoms with E-state index < -0.39 is 11.7 Å². The van der Waals surface area contributed by atoms with Gasteiger partial charge in [-0.2, -0.15) is 13.2 Å². The molecule has 1 aromatic rings. The number of rotatable bonds is 1. The Bertz CT molecular complexity index is 426. The smallest absolute Gasteiger partial charge is 0.399 e. The van der Waals surface area contributed by atoms with Crippen molar-refractivity contribution in [2.75, 3.05) is 18.8 Å². The number of hydrogen-bond acceptors (Lipinski definition) is 3. The number of alkyl halides is 3. The molecule has 0 amide bonds. The first kappa shape index (κ1) is 13.5. The molecule has 1 aliphatic rings. The van der Waals surface area contributed by atoms with Gasteiger partial charge in [0.05, 0.1) is 5.56 Å². The first-order valence-corrected chi connectivity index (χ1v) is 6.18. The second kappa shape index (κ2) is 5.01. The summed E-state index contributed by atoms with van der Waals surface area (Å²) in [5, 5.41) is 0. The molecule has 0 saturated carbocycles. The van der Waals surface area contributed by atoms with E-state index in [-0.39, 0.29) is 11.6 Å². The van der Waals surface area contributed by atoms with Crippen molar-refractivity contribution in [2.45, 2.75) is 24.9 Å². The van der Waals surface area contributed by atoms with Crippen molar-refractivity contribution in [3.8, 4) is 0 Å². The average Bonchev–Trinajstić information content (AvgIpc) is 2.28. The van der Waals surface area contributed by atoms with Crippen LogP contribution in [-0.2, 0) is 6.18 Å². The molecule has 0 radical (unpaired) electrons. The molecule has 0 spiro atoms. The van der Waals surface area contributed by atoms with Gasteiger partial charge in [-0.1, -0.05) is 12.8 Å². The summed E-state index contributed by atoms with van der Waals surface area (Å²) in [4.78, 5) is 0. The minimum atomic E-state index is -4.34. The van der Waals surface area contributed by atoms with Crippen LogP contribution in [0.15, 0.2) is 18.2 Å². The summed E-state index contributed by atoms with van der Waals surface area (Å²) in [6.07, 6.45) is -2.72. The van der Waals surface area contributed by atoms with Crippen LogP contribution in [0.2, 0.25) is 0 Å². The number of nitrogens with two attached hydrogens (primary N) is 1. The van der Waals surface area contributed by atoms with E-state index in [9.17, 15) is 13.2 Å². The molecule has 0 aromatic heterocycles. The highest BCUT2D eigenvalue weighted by atomic mass is 32.1. The zero-order valence-electron chi connectivity index (χ0n) is 9.74. The van der Waals surface area contributed by atoms with Gasteiger partial charge in [-0.15, -0.1) is 0 Å². The molecule has 1 fully saturated rings. The minimum absolute atomic E-state index is 0.137. The normalized spacial score (nSPS) is 19.1. The molecule has 2 rings (SSSR count). The van der Waals surface area contributed by atoms with E-state index in [0.29, 0.717) is 5.56 Å². The summed E-state index contributed by atoms with van der Waals surface area (Å²) in [7, 11) is 0. The van der Waals surface area contributed by atoms with E-state index in [1.807, 2.05) is 4.31 Å². The molecule has 1 aromatic carbocycles. The molecule has 100 valence electrons. The number of benzene rings is 1. The molecular formula is C12H15F3N2S. The molecule has 18 heavy (non-hydrogen) atoms. The van der Waals surface area contributed by atoms with Gasteiger partial charge in [0.1, 0.15) is 0 Å². The quantitative estimate of drug-likeness (QED) is 0.608. The molecule has 0 bridgehead atoms. The van der Waals surface area contributed by atoms with Gasteiger partial charge in [-0.05, 0) is 42.5 Å². The molecule has 2 nitrogen and oxygen atoms in total. The number of nitrogen functional groups attached to an aromatic ring is 1. The van der Waals surface area contributed by atoms with Gasteiger partial charge in [-0.25, -0.2) is 0 Å². The molecule has 1 aliphatic heterocycles. The summed E-state index contributed by atoms with van der Waals surface area (Å²) in [6.45, 7) is 1.56. The van der Waals surface area contributed by atoms with Crippen LogP contribution in [0.25, 0.3) is 0 Å². The maximum atomic E-state index is 12.7. The number of nitrogens with zero attached hydrogens (tertiary/aromatic N) is 1. The molecule has 2 N–H and O–H groups in total. The Morgan fingerprint density at radius 1 is 1.17 bits per heavy atom.